The summed E-state index contributed by atoms with van der Waals surface area (Å²) in [7, 11) is 0. The molecule has 4 heteroatoms. The quantitative estimate of drug-likeness (QED) is 0.359. The lowest BCUT2D eigenvalue weighted by atomic mass is 10.1. The summed E-state index contributed by atoms with van der Waals surface area (Å²) >= 11 is 0. The van der Waals surface area contributed by atoms with E-state index in [9.17, 15) is 4.39 Å². The van der Waals surface area contributed by atoms with Crippen molar-refractivity contribution in [2.24, 2.45) is 5.11 Å². The maximum Gasteiger partial charge on any atom is 0.123 e. The van der Waals surface area contributed by atoms with E-state index >= 15 is 0 Å². The van der Waals surface area contributed by atoms with Crippen LogP contribution in [-0.2, 0) is 6.42 Å². The van der Waals surface area contributed by atoms with Gasteiger partial charge >= 0.3 is 0 Å². The van der Waals surface area contributed by atoms with Crippen LogP contribution in [-0.4, -0.2) is 0 Å². The molecule has 0 fully saturated rings. The molecular weight excluding hydrogens is 169 g/mol. The van der Waals surface area contributed by atoms with Crippen LogP contribution in [0.2, 0.25) is 0 Å². The van der Waals surface area contributed by atoms with Crippen molar-refractivity contribution in [3.05, 3.63) is 45.6 Å². The first kappa shape index (κ1) is 8.08. The summed E-state index contributed by atoms with van der Waals surface area (Å²) in [5, 5.41) is 3.65. The fourth-order valence-electron chi connectivity index (χ4n) is 1.75. The van der Waals surface area contributed by atoms with Crippen molar-refractivity contribution in [3.63, 3.8) is 0 Å². The maximum absolute atomic E-state index is 12.8. The third kappa shape index (κ3) is 1.36. The lowest BCUT2D eigenvalue weighted by Crippen LogP contribution is -1.87. The fourth-order valence-corrected chi connectivity index (χ4v) is 1.75. The van der Waals surface area contributed by atoms with Gasteiger partial charge in [-0.15, -0.1) is 0 Å². The third-order valence-electron chi connectivity index (χ3n) is 2.34. The van der Waals surface area contributed by atoms with E-state index in [1.165, 1.54) is 12.1 Å². The van der Waals surface area contributed by atoms with Gasteiger partial charge in [0.25, 0.3) is 0 Å². The first-order chi connectivity index (χ1) is 6.31. The van der Waals surface area contributed by atoms with Gasteiger partial charge in [-0.3, -0.25) is 0 Å². The Bertz CT molecular complexity index is 382. The molecule has 3 nitrogen and oxygen atoms in total. The van der Waals surface area contributed by atoms with Crippen LogP contribution < -0.4 is 0 Å². The highest BCUT2D eigenvalue weighted by Crippen LogP contribution is 2.34. The molecule has 0 aliphatic heterocycles. The van der Waals surface area contributed by atoms with Gasteiger partial charge in [0.05, 0.1) is 6.04 Å². The number of halogens is 1. The summed E-state index contributed by atoms with van der Waals surface area (Å²) in [6.07, 6.45) is 1.60. The molecule has 0 bridgehead atoms. The molecule has 1 unspecified atom stereocenters. The highest BCUT2D eigenvalue weighted by atomic mass is 19.1. The number of aryl methyl sites for hydroxylation is 1. The van der Waals surface area contributed by atoms with Crippen molar-refractivity contribution >= 4 is 0 Å². The molecule has 1 aliphatic rings. The largest absolute Gasteiger partial charge is 0.207 e. The standard InChI is InChI=1S/C9H8FN3/c10-7-2-3-8-6(5-7)1-4-9(8)12-13-11/h2-3,5,9H,1,4H2. The van der Waals surface area contributed by atoms with Crippen LogP contribution >= 0.6 is 0 Å². The van der Waals surface area contributed by atoms with Gasteiger partial charge < -0.3 is 0 Å². The summed E-state index contributed by atoms with van der Waals surface area (Å²) < 4.78 is 12.8. The second-order valence-corrected chi connectivity index (χ2v) is 3.10. The van der Waals surface area contributed by atoms with Crippen molar-refractivity contribution in [1.82, 2.24) is 0 Å². The molecule has 0 aromatic heterocycles. The van der Waals surface area contributed by atoms with Gasteiger partial charge in [0, 0.05) is 4.91 Å². The highest BCUT2D eigenvalue weighted by Gasteiger charge is 2.21. The molecular formula is C9H8FN3. The van der Waals surface area contributed by atoms with Gasteiger partial charge in [-0.25, -0.2) is 4.39 Å². The minimum Gasteiger partial charge on any atom is -0.207 e. The monoisotopic (exact) mass is 177 g/mol. The number of hydrogen-bond acceptors (Lipinski definition) is 1. The molecule has 1 aromatic carbocycles. The van der Waals surface area contributed by atoms with Crippen LogP contribution in [0.4, 0.5) is 4.39 Å². The van der Waals surface area contributed by atoms with Crippen molar-refractivity contribution in [1.29, 1.82) is 0 Å². The molecule has 13 heavy (non-hydrogen) atoms. The lowest BCUT2D eigenvalue weighted by Gasteiger charge is -2.02. The summed E-state index contributed by atoms with van der Waals surface area (Å²) in [6, 6.07) is 4.53. The number of fused-ring (bicyclic) bond motifs is 1. The maximum atomic E-state index is 12.8. The lowest BCUT2D eigenvalue weighted by molar-refractivity contribution is 0.625. The van der Waals surface area contributed by atoms with Gasteiger partial charge in [-0.1, -0.05) is 11.2 Å². The van der Waals surface area contributed by atoms with Crippen LogP contribution in [0.1, 0.15) is 23.6 Å². The van der Waals surface area contributed by atoms with Gasteiger partial charge in [-0.05, 0) is 41.6 Å². The first-order valence-electron chi connectivity index (χ1n) is 4.14. The highest BCUT2D eigenvalue weighted by molar-refractivity contribution is 5.34. The van der Waals surface area contributed by atoms with E-state index in [1.54, 1.807) is 6.07 Å². The number of azide groups is 1. The average molecular weight is 177 g/mol. The van der Waals surface area contributed by atoms with E-state index in [-0.39, 0.29) is 11.9 Å². The fraction of sp³-hybridized carbons (Fsp3) is 0.333. The third-order valence-corrected chi connectivity index (χ3v) is 2.34. The van der Waals surface area contributed by atoms with E-state index in [4.69, 9.17) is 5.53 Å². The van der Waals surface area contributed by atoms with E-state index in [2.05, 4.69) is 10.0 Å². The number of hydrogen-bond donors (Lipinski definition) is 0. The van der Waals surface area contributed by atoms with Crippen molar-refractivity contribution < 1.29 is 4.39 Å². The van der Waals surface area contributed by atoms with Crippen LogP contribution in [0.15, 0.2) is 23.3 Å². The zero-order valence-corrected chi connectivity index (χ0v) is 6.94. The second kappa shape index (κ2) is 3.07. The van der Waals surface area contributed by atoms with Gasteiger partial charge in [0.2, 0.25) is 0 Å². The molecule has 66 valence electrons. The zero-order chi connectivity index (χ0) is 9.26. The van der Waals surface area contributed by atoms with Crippen molar-refractivity contribution in [2.45, 2.75) is 18.9 Å². The smallest absolute Gasteiger partial charge is 0.123 e. The van der Waals surface area contributed by atoms with Gasteiger partial charge in [-0.2, -0.15) is 0 Å². The molecule has 1 aliphatic carbocycles. The van der Waals surface area contributed by atoms with Crippen LogP contribution in [0.3, 0.4) is 0 Å². The Morgan fingerprint density at radius 3 is 3.15 bits per heavy atom. The van der Waals surface area contributed by atoms with Crippen molar-refractivity contribution in [3.8, 4) is 0 Å². The number of rotatable bonds is 1. The predicted octanol–water partition coefficient (Wildman–Crippen LogP) is 3.12. The van der Waals surface area contributed by atoms with Gasteiger partial charge in [0.15, 0.2) is 0 Å². The SMILES string of the molecule is [N-]=[N+]=NC1CCc2cc(F)ccc21. The summed E-state index contributed by atoms with van der Waals surface area (Å²) in [5.74, 6) is -0.222. The minimum absolute atomic E-state index is 0.0967. The molecule has 0 amide bonds. The average Bonchev–Trinajstić information content (AvgIpc) is 2.49. The summed E-state index contributed by atoms with van der Waals surface area (Å²) in [6.45, 7) is 0. The molecule has 0 saturated heterocycles. The minimum atomic E-state index is -0.222. The molecule has 2 rings (SSSR count). The normalized spacial score (nSPS) is 19.3. The Kier molecular flexibility index (Phi) is 1.91. The molecule has 0 N–H and O–H groups in total. The van der Waals surface area contributed by atoms with E-state index in [1.807, 2.05) is 0 Å². The van der Waals surface area contributed by atoms with Crippen LogP contribution in [0, 0.1) is 5.82 Å². The number of nitrogens with zero attached hydrogens (tertiary/aromatic N) is 3. The van der Waals surface area contributed by atoms with E-state index in [0.29, 0.717) is 0 Å². The Morgan fingerprint density at radius 2 is 2.38 bits per heavy atom. The van der Waals surface area contributed by atoms with Crippen LogP contribution in [0.5, 0.6) is 0 Å². The Balaban J connectivity index is 2.43. The Morgan fingerprint density at radius 1 is 1.54 bits per heavy atom. The number of benzene rings is 1. The molecule has 0 saturated carbocycles. The predicted molar refractivity (Wildman–Crippen MR) is 46.6 cm³/mol. The molecule has 0 spiro atoms. The first-order valence-corrected chi connectivity index (χ1v) is 4.14. The Labute approximate surface area is 74.8 Å². The Hall–Kier alpha value is -1.54. The van der Waals surface area contributed by atoms with Crippen LogP contribution in [0.25, 0.3) is 10.4 Å². The zero-order valence-electron chi connectivity index (χ0n) is 6.94. The summed E-state index contributed by atoms with van der Waals surface area (Å²) in [4.78, 5) is 2.77. The summed E-state index contributed by atoms with van der Waals surface area (Å²) in [5.41, 5.74) is 10.2. The molecule has 1 atom stereocenters. The van der Waals surface area contributed by atoms with E-state index < -0.39 is 0 Å². The molecule has 0 radical (unpaired) electrons. The van der Waals surface area contributed by atoms with E-state index in [0.717, 1.165) is 24.0 Å². The van der Waals surface area contributed by atoms with Crippen molar-refractivity contribution in [2.75, 3.05) is 0 Å². The second-order valence-electron chi connectivity index (χ2n) is 3.10. The molecule has 1 aromatic rings. The topological polar surface area (TPSA) is 48.8 Å². The molecule has 0 heterocycles. The van der Waals surface area contributed by atoms with Gasteiger partial charge in [0.1, 0.15) is 5.82 Å².